The standard InChI is InChI=1S/C20H20ClN3O/c1-3-24(4-2)15-11-9-14(10-12-15)13-17(21)19-22-18-8-6-5-7-16(18)20(25)23-19/h5-13H,3-4H2,1-2H3,(H,22,23,25)/b17-13+. The fraction of sp³-hybridized carbons (Fsp3) is 0.200. The fourth-order valence-corrected chi connectivity index (χ4v) is 3.00. The highest BCUT2D eigenvalue weighted by Crippen LogP contribution is 2.22. The number of anilines is 1. The third-order valence-electron chi connectivity index (χ3n) is 4.15. The molecule has 0 saturated carbocycles. The molecule has 1 heterocycles. The van der Waals surface area contributed by atoms with Crippen LogP contribution in [0.1, 0.15) is 25.2 Å². The Morgan fingerprint density at radius 1 is 1.12 bits per heavy atom. The molecule has 0 fully saturated rings. The van der Waals surface area contributed by atoms with E-state index in [1.54, 1.807) is 18.2 Å². The second-order valence-corrected chi connectivity index (χ2v) is 6.09. The number of hydrogen-bond acceptors (Lipinski definition) is 3. The number of hydrogen-bond donors (Lipinski definition) is 1. The number of benzene rings is 2. The van der Waals surface area contributed by atoms with Crippen molar-refractivity contribution >= 4 is 39.3 Å². The zero-order valence-electron chi connectivity index (χ0n) is 14.3. The van der Waals surface area contributed by atoms with Gasteiger partial charge in [-0.05, 0) is 49.8 Å². The minimum absolute atomic E-state index is 0.191. The largest absolute Gasteiger partial charge is 0.372 e. The van der Waals surface area contributed by atoms with Crippen molar-refractivity contribution in [3.63, 3.8) is 0 Å². The lowest BCUT2D eigenvalue weighted by molar-refractivity contribution is 0.866. The van der Waals surface area contributed by atoms with E-state index in [-0.39, 0.29) is 5.56 Å². The van der Waals surface area contributed by atoms with Gasteiger partial charge in [-0.3, -0.25) is 4.79 Å². The van der Waals surface area contributed by atoms with Gasteiger partial charge in [0.15, 0.2) is 5.82 Å². The molecule has 0 aliphatic heterocycles. The molecule has 0 unspecified atom stereocenters. The summed E-state index contributed by atoms with van der Waals surface area (Å²) >= 11 is 6.39. The zero-order valence-corrected chi connectivity index (χ0v) is 15.0. The van der Waals surface area contributed by atoms with Gasteiger partial charge >= 0.3 is 0 Å². The van der Waals surface area contributed by atoms with Crippen LogP contribution in [0.2, 0.25) is 0 Å². The van der Waals surface area contributed by atoms with Crippen LogP contribution in [0.25, 0.3) is 22.0 Å². The van der Waals surface area contributed by atoms with E-state index in [0.717, 1.165) is 18.7 Å². The van der Waals surface area contributed by atoms with Gasteiger partial charge < -0.3 is 9.88 Å². The average Bonchev–Trinajstić information content (AvgIpc) is 2.64. The lowest BCUT2D eigenvalue weighted by atomic mass is 10.1. The van der Waals surface area contributed by atoms with Crippen molar-refractivity contribution in [2.24, 2.45) is 0 Å². The number of nitrogens with zero attached hydrogens (tertiary/aromatic N) is 2. The first-order valence-electron chi connectivity index (χ1n) is 8.34. The lowest BCUT2D eigenvalue weighted by Gasteiger charge is -2.20. The maximum absolute atomic E-state index is 12.2. The summed E-state index contributed by atoms with van der Waals surface area (Å²) in [7, 11) is 0. The number of halogens is 1. The van der Waals surface area contributed by atoms with Crippen LogP contribution in [-0.2, 0) is 0 Å². The molecule has 1 N–H and O–H groups in total. The minimum Gasteiger partial charge on any atom is -0.372 e. The number of H-pyrrole nitrogens is 1. The molecular formula is C20H20ClN3O. The lowest BCUT2D eigenvalue weighted by Crippen LogP contribution is -2.21. The van der Waals surface area contributed by atoms with Gasteiger partial charge in [-0.1, -0.05) is 35.9 Å². The Morgan fingerprint density at radius 3 is 2.48 bits per heavy atom. The quantitative estimate of drug-likeness (QED) is 0.734. The van der Waals surface area contributed by atoms with Crippen molar-refractivity contribution in [3.05, 3.63) is 70.3 Å². The summed E-state index contributed by atoms with van der Waals surface area (Å²) in [5, 5.41) is 0.956. The molecule has 2 aromatic carbocycles. The van der Waals surface area contributed by atoms with Crippen LogP contribution < -0.4 is 10.5 Å². The Morgan fingerprint density at radius 2 is 1.80 bits per heavy atom. The molecule has 3 aromatic rings. The van der Waals surface area contributed by atoms with Crippen molar-refractivity contribution in [2.75, 3.05) is 18.0 Å². The number of aromatic amines is 1. The SMILES string of the molecule is CCN(CC)c1ccc(/C=C(/Cl)c2nc3ccccc3c(=O)[nH]2)cc1. The Balaban J connectivity index is 1.92. The van der Waals surface area contributed by atoms with Gasteiger partial charge in [-0.15, -0.1) is 0 Å². The molecule has 0 atom stereocenters. The normalized spacial score (nSPS) is 11.7. The molecule has 5 heteroatoms. The van der Waals surface area contributed by atoms with E-state index in [4.69, 9.17) is 11.6 Å². The van der Waals surface area contributed by atoms with Crippen LogP contribution in [0, 0.1) is 0 Å². The van der Waals surface area contributed by atoms with Crippen molar-refractivity contribution in [1.29, 1.82) is 0 Å². The average molecular weight is 354 g/mol. The Kier molecular flexibility index (Phi) is 5.19. The van der Waals surface area contributed by atoms with Crippen molar-refractivity contribution in [3.8, 4) is 0 Å². The molecule has 0 amide bonds. The summed E-state index contributed by atoms with van der Waals surface area (Å²) in [6, 6.07) is 15.4. The second-order valence-electron chi connectivity index (χ2n) is 5.69. The highest BCUT2D eigenvalue weighted by atomic mass is 35.5. The highest BCUT2D eigenvalue weighted by Gasteiger charge is 2.07. The summed E-state index contributed by atoms with van der Waals surface area (Å²) in [6.07, 6.45) is 1.81. The van der Waals surface area contributed by atoms with Crippen LogP contribution in [0.4, 0.5) is 5.69 Å². The first kappa shape index (κ1) is 17.2. The number of para-hydroxylation sites is 1. The third-order valence-corrected chi connectivity index (χ3v) is 4.44. The van der Waals surface area contributed by atoms with Gasteiger partial charge in [0.1, 0.15) is 0 Å². The van der Waals surface area contributed by atoms with E-state index < -0.39 is 0 Å². The Labute approximate surface area is 151 Å². The van der Waals surface area contributed by atoms with Crippen LogP contribution in [0.3, 0.4) is 0 Å². The fourth-order valence-electron chi connectivity index (χ4n) is 2.78. The van der Waals surface area contributed by atoms with Crippen molar-refractivity contribution < 1.29 is 0 Å². The molecule has 0 aliphatic carbocycles. The van der Waals surface area contributed by atoms with Gasteiger partial charge in [0, 0.05) is 18.8 Å². The van der Waals surface area contributed by atoms with Crippen LogP contribution in [-0.4, -0.2) is 23.1 Å². The molecule has 0 saturated heterocycles. The van der Waals surface area contributed by atoms with E-state index in [1.807, 2.05) is 24.3 Å². The van der Waals surface area contributed by atoms with Gasteiger partial charge in [0.05, 0.1) is 15.9 Å². The topological polar surface area (TPSA) is 49.0 Å². The predicted molar refractivity (Wildman–Crippen MR) is 106 cm³/mol. The number of nitrogens with one attached hydrogen (secondary N) is 1. The van der Waals surface area contributed by atoms with Crippen LogP contribution in [0.15, 0.2) is 53.3 Å². The predicted octanol–water partition coefficient (Wildman–Crippen LogP) is 4.51. The molecule has 1 aromatic heterocycles. The highest BCUT2D eigenvalue weighted by molar-refractivity contribution is 6.50. The molecule has 3 rings (SSSR count). The van der Waals surface area contributed by atoms with E-state index in [1.165, 1.54) is 5.69 Å². The van der Waals surface area contributed by atoms with Crippen molar-refractivity contribution in [2.45, 2.75) is 13.8 Å². The summed E-state index contributed by atoms with van der Waals surface area (Å²) in [5.41, 5.74) is 2.57. The third kappa shape index (κ3) is 3.74. The summed E-state index contributed by atoms with van der Waals surface area (Å²) in [4.78, 5) is 21.6. The van der Waals surface area contributed by atoms with Gasteiger partial charge in [-0.2, -0.15) is 0 Å². The Bertz CT molecular complexity index is 957. The molecule has 0 aliphatic rings. The minimum atomic E-state index is -0.191. The number of rotatable bonds is 5. The van der Waals surface area contributed by atoms with E-state index >= 15 is 0 Å². The molecular weight excluding hydrogens is 334 g/mol. The molecule has 0 spiro atoms. The van der Waals surface area contributed by atoms with E-state index in [0.29, 0.717) is 21.8 Å². The van der Waals surface area contributed by atoms with Crippen molar-refractivity contribution in [1.82, 2.24) is 9.97 Å². The first-order chi connectivity index (χ1) is 12.1. The van der Waals surface area contributed by atoms with Crippen LogP contribution >= 0.6 is 11.6 Å². The molecule has 0 bridgehead atoms. The molecule has 128 valence electrons. The monoisotopic (exact) mass is 353 g/mol. The zero-order chi connectivity index (χ0) is 17.8. The van der Waals surface area contributed by atoms with Gasteiger partial charge in [0.25, 0.3) is 5.56 Å². The maximum Gasteiger partial charge on any atom is 0.259 e. The maximum atomic E-state index is 12.2. The molecule has 4 nitrogen and oxygen atoms in total. The van der Waals surface area contributed by atoms with E-state index in [9.17, 15) is 4.79 Å². The summed E-state index contributed by atoms with van der Waals surface area (Å²) in [5.74, 6) is 0.373. The van der Waals surface area contributed by atoms with Crippen LogP contribution in [0.5, 0.6) is 0 Å². The van der Waals surface area contributed by atoms with Gasteiger partial charge in [0.2, 0.25) is 0 Å². The number of aromatic nitrogens is 2. The smallest absolute Gasteiger partial charge is 0.259 e. The molecule has 25 heavy (non-hydrogen) atoms. The Hall–Kier alpha value is -2.59. The first-order valence-corrected chi connectivity index (χ1v) is 8.71. The summed E-state index contributed by atoms with van der Waals surface area (Å²) < 4.78 is 0. The van der Waals surface area contributed by atoms with E-state index in [2.05, 4.69) is 40.8 Å². The summed E-state index contributed by atoms with van der Waals surface area (Å²) in [6.45, 7) is 6.20. The van der Waals surface area contributed by atoms with Gasteiger partial charge in [-0.25, -0.2) is 4.98 Å². The number of fused-ring (bicyclic) bond motifs is 1. The molecule has 0 radical (unpaired) electrons. The second kappa shape index (κ2) is 7.53.